The van der Waals surface area contributed by atoms with E-state index < -0.39 is 28.0 Å². The Hall–Kier alpha value is -3.31. The number of amides is 1. The number of sulfonamides is 1. The lowest BCUT2D eigenvalue weighted by atomic mass is 10.1. The normalized spacial score (nSPS) is 15.9. The van der Waals surface area contributed by atoms with Gasteiger partial charge in [-0.2, -0.15) is 0 Å². The zero-order valence-electron chi connectivity index (χ0n) is 19.2. The van der Waals surface area contributed by atoms with Crippen LogP contribution in [0.1, 0.15) is 30.1 Å². The molecule has 2 aliphatic heterocycles. The molecule has 1 atom stereocenters. The molecule has 182 valence electrons. The van der Waals surface area contributed by atoms with E-state index in [1.165, 1.54) is 33.2 Å². The van der Waals surface area contributed by atoms with Gasteiger partial charge in [0.2, 0.25) is 16.8 Å². The van der Waals surface area contributed by atoms with E-state index in [1.807, 2.05) is 4.90 Å². The molecule has 4 rings (SSSR count). The minimum atomic E-state index is -3.76. The van der Waals surface area contributed by atoms with E-state index in [9.17, 15) is 18.0 Å². The summed E-state index contributed by atoms with van der Waals surface area (Å²) in [5.41, 5.74) is 1.16. The molecule has 2 aromatic carbocycles. The molecule has 0 bridgehead atoms. The Morgan fingerprint density at radius 3 is 2.47 bits per heavy atom. The first-order valence-electron chi connectivity index (χ1n) is 10.9. The molecule has 0 radical (unpaired) electrons. The highest BCUT2D eigenvalue weighted by atomic mass is 32.2. The maximum absolute atomic E-state index is 13.1. The van der Waals surface area contributed by atoms with Crippen molar-refractivity contribution >= 4 is 33.3 Å². The Labute approximate surface area is 198 Å². The molecule has 34 heavy (non-hydrogen) atoms. The van der Waals surface area contributed by atoms with Crippen LogP contribution >= 0.6 is 0 Å². The fraction of sp³-hybridized carbons (Fsp3) is 0.391. The lowest BCUT2D eigenvalue weighted by Crippen LogP contribution is -2.31. The summed E-state index contributed by atoms with van der Waals surface area (Å²) >= 11 is 0. The Kier molecular flexibility index (Phi) is 6.67. The number of nitrogens with zero attached hydrogens (tertiary/aromatic N) is 2. The van der Waals surface area contributed by atoms with Crippen molar-refractivity contribution in [1.82, 2.24) is 4.31 Å². The van der Waals surface area contributed by atoms with E-state index in [1.54, 1.807) is 24.3 Å². The van der Waals surface area contributed by atoms with E-state index >= 15 is 0 Å². The standard InChI is InChI=1S/C23H27N3O7S/c1-15(22(27)24-16-6-9-20-21(12-16)32-14-31-20)33-23(28)18-13-17(34(29,30)25(2)3)7-8-19(18)26-10-4-5-11-26/h6-9,12-13,15H,4-5,10-11,14H2,1-3H3,(H,24,27). The predicted molar refractivity (Wildman–Crippen MR) is 125 cm³/mol. The van der Waals surface area contributed by atoms with Crippen LogP contribution in [-0.2, 0) is 19.6 Å². The zero-order valence-corrected chi connectivity index (χ0v) is 20.1. The van der Waals surface area contributed by atoms with Gasteiger partial charge < -0.3 is 24.4 Å². The summed E-state index contributed by atoms with van der Waals surface area (Å²) in [6, 6.07) is 9.36. The smallest absolute Gasteiger partial charge is 0.341 e. The van der Waals surface area contributed by atoms with Crippen LogP contribution in [0.3, 0.4) is 0 Å². The molecule has 2 aromatic rings. The van der Waals surface area contributed by atoms with Crippen LogP contribution in [0, 0.1) is 0 Å². The molecule has 10 nitrogen and oxygen atoms in total. The third-order valence-corrected chi connectivity index (χ3v) is 7.52. The van der Waals surface area contributed by atoms with Crippen LogP contribution in [0.2, 0.25) is 0 Å². The highest BCUT2D eigenvalue weighted by Gasteiger charge is 2.27. The second kappa shape index (κ2) is 9.51. The SMILES string of the molecule is CC(OC(=O)c1cc(S(=O)(=O)N(C)C)ccc1N1CCCC1)C(=O)Nc1ccc2c(c1)OCO2. The van der Waals surface area contributed by atoms with Crippen LogP contribution in [0.4, 0.5) is 11.4 Å². The van der Waals surface area contributed by atoms with Crippen LogP contribution in [0.15, 0.2) is 41.3 Å². The van der Waals surface area contributed by atoms with Crippen molar-refractivity contribution in [1.29, 1.82) is 0 Å². The van der Waals surface area contributed by atoms with Crippen molar-refractivity contribution in [2.75, 3.05) is 44.2 Å². The quantitative estimate of drug-likeness (QED) is 0.590. The van der Waals surface area contributed by atoms with Crippen molar-refractivity contribution in [2.45, 2.75) is 30.8 Å². The maximum atomic E-state index is 13.1. The molecule has 11 heteroatoms. The molecule has 1 N–H and O–H groups in total. The third kappa shape index (κ3) is 4.80. The average molecular weight is 490 g/mol. The molecule has 2 heterocycles. The molecule has 1 amide bonds. The Morgan fingerprint density at radius 1 is 1.06 bits per heavy atom. The monoisotopic (exact) mass is 489 g/mol. The topological polar surface area (TPSA) is 114 Å². The number of carbonyl (C=O) groups excluding carboxylic acids is 2. The van der Waals surface area contributed by atoms with Gasteiger partial charge in [-0.1, -0.05) is 0 Å². The Balaban J connectivity index is 1.54. The van der Waals surface area contributed by atoms with Crippen LogP contribution in [0.5, 0.6) is 11.5 Å². The molecule has 1 saturated heterocycles. The van der Waals surface area contributed by atoms with Crippen LogP contribution in [-0.4, -0.2) is 64.7 Å². The van der Waals surface area contributed by atoms with Crippen molar-refractivity contribution in [3.63, 3.8) is 0 Å². The van der Waals surface area contributed by atoms with Gasteiger partial charge in [0, 0.05) is 38.9 Å². The summed E-state index contributed by atoms with van der Waals surface area (Å²) in [4.78, 5) is 27.8. The first-order chi connectivity index (χ1) is 16.2. The van der Waals surface area contributed by atoms with Gasteiger partial charge in [0.25, 0.3) is 5.91 Å². The number of hydrogen-bond donors (Lipinski definition) is 1. The molecule has 2 aliphatic rings. The average Bonchev–Trinajstić information content (AvgIpc) is 3.50. The van der Waals surface area contributed by atoms with Crippen molar-refractivity contribution in [2.24, 2.45) is 0 Å². The minimum absolute atomic E-state index is 0.0233. The number of anilines is 2. The maximum Gasteiger partial charge on any atom is 0.341 e. The minimum Gasteiger partial charge on any atom is -0.454 e. The van der Waals surface area contributed by atoms with Gasteiger partial charge in [-0.3, -0.25) is 4.79 Å². The largest absolute Gasteiger partial charge is 0.454 e. The van der Waals surface area contributed by atoms with Crippen molar-refractivity contribution in [3.8, 4) is 11.5 Å². The summed E-state index contributed by atoms with van der Waals surface area (Å²) in [6.07, 6.45) is 0.819. The zero-order chi connectivity index (χ0) is 24.5. The summed E-state index contributed by atoms with van der Waals surface area (Å²) < 4.78 is 42.3. The highest BCUT2D eigenvalue weighted by Crippen LogP contribution is 2.34. The Morgan fingerprint density at radius 2 is 1.76 bits per heavy atom. The lowest BCUT2D eigenvalue weighted by Gasteiger charge is -2.23. The number of esters is 1. The fourth-order valence-corrected chi connectivity index (χ4v) is 4.71. The Bertz CT molecular complexity index is 1210. The summed E-state index contributed by atoms with van der Waals surface area (Å²) in [6.45, 7) is 3.07. The van der Waals surface area contributed by atoms with E-state index in [2.05, 4.69) is 5.32 Å². The number of ether oxygens (including phenoxy) is 3. The first kappa shape index (κ1) is 23.8. The summed E-state index contributed by atoms with van der Waals surface area (Å²) in [5.74, 6) is -0.214. The predicted octanol–water partition coefficient (Wildman–Crippen LogP) is 2.45. The van der Waals surface area contributed by atoms with Crippen LogP contribution < -0.4 is 19.7 Å². The summed E-state index contributed by atoms with van der Waals surface area (Å²) in [7, 11) is -0.916. The van der Waals surface area contributed by atoms with Gasteiger partial charge >= 0.3 is 5.97 Å². The van der Waals surface area contributed by atoms with Gasteiger partial charge in [0.05, 0.1) is 16.1 Å². The van der Waals surface area contributed by atoms with Crippen molar-refractivity contribution < 1.29 is 32.2 Å². The van der Waals surface area contributed by atoms with E-state index in [0.717, 1.165) is 30.2 Å². The van der Waals surface area contributed by atoms with E-state index in [-0.39, 0.29) is 17.3 Å². The van der Waals surface area contributed by atoms with Gasteiger partial charge in [-0.25, -0.2) is 17.5 Å². The first-order valence-corrected chi connectivity index (χ1v) is 12.3. The van der Waals surface area contributed by atoms with E-state index in [0.29, 0.717) is 22.9 Å². The number of carbonyl (C=O) groups is 2. The second-order valence-electron chi connectivity index (χ2n) is 8.27. The van der Waals surface area contributed by atoms with Gasteiger partial charge in [0.1, 0.15) is 0 Å². The molecule has 0 aliphatic carbocycles. The molecular formula is C23H27N3O7S. The molecule has 1 fully saturated rings. The molecule has 1 unspecified atom stereocenters. The number of nitrogens with one attached hydrogen (secondary N) is 1. The number of hydrogen-bond acceptors (Lipinski definition) is 8. The number of fused-ring (bicyclic) bond motifs is 1. The lowest BCUT2D eigenvalue weighted by molar-refractivity contribution is -0.123. The molecule has 0 saturated carbocycles. The third-order valence-electron chi connectivity index (χ3n) is 5.71. The highest BCUT2D eigenvalue weighted by molar-refractivity contribution is 7.89. The van der Waals surface area contributed by atoms with Gasteiger partial charge in [-0.15, -0.1) is 0 Å². The van der Waals surface area contributed by atoms with Crippen LogP contribution in [0.25, 0.3) is 0 Å². The number of benzene rings is 2. The second-order valence-corrected chi connectivity index (χ2v) is 10.4. The molecule has 0 spiro atoms. The number of rotatable bonds is 7. The fourth-order valence-electron chi connectivity index (χ4n) is 3.78. The van der Waals surface area contributed by atoms with Gasteiger partial charge in [-0.05, 0) is 50.1 Å². The molecule has 0 aromatic heterocycles. The summed E-state index contributed by atoms with van der Waals surface area (Å²) in [5, 5.41) is 2.68. The van der Waals surface area contributed by atoms with Crippen molar-refractivity contribution in [3.05, 3.63) is 42.0 Å². The van der Waals surface area contributed by atoms with Gasteiger partial charge in [0.15, 0.2) is 17.6 Å². The molecular weight excluding hydrogens is 462 g/mol. The van der Waals surface area contributed by atoms with E-state index in [4.69, 9.17) is 14.2 Å².